The third kappa shape index (κ3) is 14.9. The Kier molecular flexibility index (Phi) is 19.0. The van der Waals surface area contributed by atoms with Crippen LogP contribution in [0.3, 0.4) is 0 Å². The molecule has 6 aromatic carbocycles. The van der Waals surface area contributed by atoms with Crippen molar-refractivity contribution in [1.29, 1.82) is 0 Å². The number of hydrogen-bond acceptors (Lipinski definition) is 12. The molecule has 12 nitrogen and oxygen atoms in total. The van der Waals surface area contributed by atoms with Crippen LogP contribution < -0.4 is 0 Å². The molecule has 2 saturated heterocycles. The fourth-order valence-corrected chi connectivity index (χ4v) is 8.56. The molecule has 10 atom stereocenters. The van der Waals surface area contributed by atoms with Crippen LogP contribution in [0.2, 0.25) is 0 Å². The maximum absolute atomic E-state index is 12.5. The molecule has 8 rings (SSSR count). The number of carbonyl (C=O) groups excluding carboxylic acids is 1. The van der Waals surface area contributed by atoms with E-state index in [1.165, 1.54) is 6.92 Å². The molecule has 2 aliphatic rings. The standard InChI is InChI=1S/C57H62O12/c1-41(58)62-38-48-49(39-60-32-42-20-8-2-9-21-42)68-57(55(66-37-47-30-18-7-19-31-47)51(48)63-34-44-24-12-4-13-25-44)69-52-50(40-61-33-43-22-10-3-11-23-43)67-56(59)54(65-36-46-28-16-6-17-29-46)53(52)64-35-45-26-14-5-15-27-45/h2-31,48-57,59H,32-40H2,1H3/t48-,49-,50-,51+,52-,53+,54-,55-,56+,57-/m1/s1. The molecule has 0 saturated carbocycles. The predicted octanol–water partition coefficient (Wildman–Crippen LogP) is 8.77. The van der Waals surface area contributed by atoms with Crippen molar-refractivity contribution < 1.29 is 57.3 Å². The van der Waals surface area contributed by atoms with Crippen molar-refractivity contribution in [2.75, 3.05) is 19.8 Å². The largest absolute Gasteiger partial charge is 0.465 e. The minimum absolute atomic E-state index is 0.0160. The van der Waals surface area contributed by atoms with Crippen LogP contribution in [0.1, 0.15) is 40.3 Å². The van der Waals surface area contributed by atoms with Gasteiger partial charge >= 0.3 is 5.97 Å². The molecule has 0 unspecified atom stereocenters. The van der Waals surface area contributed by atoms with Gasteiger partial charge in [0.15, 0.2) is 12.6 Å². The lowest BCUT2D eigenvalue weighted by Gasteiger charge is -2.49. The normalized spacial score (nSPS) is 24.7. The number of aliphatic hydroxyl groups excluding tert-OH is 1. The van der Waals surface area contributed by atoms with Crippen molar-refractivity contribution in [3.63, 3.8) is 0 Å². The van der Waals surface area contributed by atoms with Gasteiger partial charge in [0, 0.05) is 6.92 Å². The van der Waals surface area contributed by atoms with Gasteiger partial charge in [0.2, 0.25) is 0 Å². The first kappa shape index (κ1) is 49.8. The number of rotatable bonds is 24. The number of aliphatic hydroxyl groups is 1. The van der Waals surface area contributed by atoms with E-state index in [-0.39, 0.29) is 52.9 Å². The smallest absolute Gasteiger partial charge is 0.302 e. The second-order valence-electron chi connectivity index (χ2n) is 17.2. The molecule has 2 fully saturated rings. The number of esters is 1. The second-order valence-corrected chi connectivity index (χ2v) is 17.2. The van der Waals surface area contributed by atoms with Crippen molar-refractivity contribution in [3.8, 4) is 0 Å². The lowest BCUT2D eigenvalue weighted by Crippen LogP contribution is -2.65. The zero-order valence-corrected chi connectivity index (χ0v) is 38.9. The number of hydrogen-bond donors (Lipinski definition) is 1. The minimum Gasteiger partial charge on any atom is -0.465 e. The average molecular weight is 939 g/mol. The van der Waals surface area contributed by atoms with Crippen molar-refractivity contribution in [3.05, 3.63) is 215 Å². The highest BCUT2D eigenvalue weighted by atomic mass is 16.7. The SMILES string of the molecule is CC(=O)OC[C@H]1[C@H](OCc2ccccc2)[C@@H](OCc2ccccc2)[C@@H](O[C@H]2[C@H](OCc3ccccc3)[C@@H](OCc3ccccc3)[C@@H](O)O[C@@H]2COCc2ccccc2)O[C@@H]1COCc1ccccc1. The molecule has 362 valence electrons. The van der Waals surface area contributed by atoms with Gasteiger partial charge in [0.25, 0.3) is 0 Å². The lowest BCUT2D eigenvalue weighted by molar-refractivity contribution is -0.369. The van der Waals surface area contributed by atoms with Gasteiger partial charge in [-0.25, -0.2) is 0 Å². The van der Waals surface area contributed by atoms with Gasteiger partial charge in [0.05, 0.1) is 77.6 Å². The summed E-state index contributed by atoms with van der Waals surface area (Å²) < 4.78 is 66.7. The van der Waals surface area contributed by atoms with Crippen LogP contribution in [-0.4, -0.2) is 86.2 Å². The summed E-state index contributed by atoms with van der Waals surface area (Å²) in [6, 6.07) is 58.8. The van der Waals surface area contributed by atoms with E-state index < -0.39 is 67.2 Å². The zero-order valence-electron chi connectivity index (χ0n) is 38.9. The summed E-state index contributed by atoms with van der Waals surface area (Å²) in [6.45, 7) is 2.76. The molecule has 2 aliphatic heterocycles. The van der Waals surface area contributed by atoms with Gasteiger partial charge < -0.3 is 52.5 Å². The summed E-state index contributed by atoms with van der Waals surface area (Å²) in [4.78, 5) is 12.5. The number of benzene rings is 6. The molecule has 12 heteroatoms. The van der Waals surface area contributed by atoms with E-state index >= 15 is 0 Å². The molecule has 0 bridgehead atoms. The average Bonchev–Trinajstić information content (AvgIpc) is 3.39. The van der Waals surface area contributed by atoms with Crippen LogP contribution >= 0.6 is 0 Å². The molecule has 6 aromatic rings. The highest BCUT2D eigenvalue weighted by Gasteiger charge is 2.54. The summed E-state index contributed by atoms with van der Waals surface area (Å²) >= 11 is 0. The molecule has 0 spiro atoms. The maximum atomic E-state index is 12.5. The third-order valence-electron chi connectivity index (χ3n) is 12.1. The van der Waals surface area contributed by atoms with Crippen molar-refractivity contribution in [2.45, 2.75) is 102 Å². The van der Waals surface area contributed by atoms with Crippen LogP contribution in [0.5, 0.6) is 0 Å². The molecule has 0 aromatic heterocycles. The highest BCUT2D eigenvalue weighted by Crippen LogP contribution is 2.37. The summed E-state index contributed by atoms with van der Waals surface area (Å²) in [5.41, 5.74) is 5.61. The highest BCUT2D eigenvalue weighted by molar-refractivity contribution is 5.65. The molecular formula is C57H62O12. The van der Waals surface area contributed by atoms with Gasteiger partial charge in [-0.2, -0.15) is 0 Å². The predicted molar refractivity (Wildman–Crippen MR) is 257 cm³/mol. The van der Waals surface area contributed by atoms with Crippen LogP contribution in [0.4, 0.5) is 0 Å². The first-order chi connectivity index (χ1) is 34.0. The van der Waals surface area contributed by atoms with E-state index in [4.69, 9.17) is 47.4 Å². The van der Waals surface area contributed by atoms with Gasteiger partial charge in [-0.1, -0.05) is 182 Å². The van der Waals surface area contributed by atoms with Crippen LogP contribution in [0.15, 0.2) is 182 Å². The van der Waals surface area contributed by atoms with Crippen molar-refractivity contribution >= 4 is 5.97 Å². The van der Waals surface area contributed by atoms with Crippen LogP contribution in [0, 0.1) is 5.92 Å². The maximum Gasteiger partial charge on any atom is 0.302 e. The quantitative estimate of drug-likeness (QED) is 0.0583. The third-order valence-corrected chi connectivity index (χ3v) is 12.1. The first-order valence-corrected chi connectivity index (χ1v) is 23.6. The Morgan fingerprint density at radius 2 is 0.783 bits per heavy atom. The molecule has 0 amide bonds. The first-order valence-electron chi connectivity index (χ1n) is 23.6. The molecule has 2 heterocycles. The fraction of sp³-hybridized carbons (Fsp3) is 0.351. The van der Waals surface area contributed by atoms with Gasteiger partial charge in [-0.05, 0) is 33.4 Å². The summed E-state index contributed by atoms with van der Waals surface area (Å²) in [6.07, 6.45) is -8.84. The Morgan fingerprint density at radius 3 is 1.20 bits per heavy atom. The van der Waals surface area contributed by atoms with Crippen molar-refractivity contribution in [1.82, 2.24) is 0 Å². The second kappa shape index (κ2) is 26.4. The van der Waals surface area contributed by atoms with Crippen LogP contribution in [-0.2, 0) is 91.8 Å². The Balaban J connectivity index is 1.17. The Labute approximate surface area is 404 Å². The van der Waals surface area contributed by atoms with E-state index in [9.17, 15) is 9.90 Å². The lowest BCUT2D eigenvalue weighted by atomic mass is 9.88. The molecule has 1 N–H and O–H groups in total. The number of ether oxygens (including phenoxy) is 10. The number of carbonyl (C=O) groups is 1. The fourth-order valence-electron chi connectivity index (χ4n) is 8.56. The summed E-state index contributed by atoms with van der Waals surface area (Å²) in [5, 5.41) is 11.9. The molecule has 0 aliphatic carbocycles. The Hall–Kier alpha value is -5.61. The summed E-state index contributed by atoms with van der Waals surface area (Å²) in [7, 11) is 0. The van der Waals surface area contributed by atoms with Gasteiger partial charge in [-0.3, -0.25) is 4.79 Å². The topological polar surface area (TPSA) is 130 Å². The van der Waals surface area contributed by atoms with E-state index in [1.807, 2.05) is 182 Å². The van der Waals surface area contributed by atoms with Crippen molar-refractivity contribution in [2.24, 2.45) is 5.92 Å². The monoisotopic (exact) mass is 938 g/mol. The van der Waals surface area contributed by atoms with E-state index in [2.05, 4.69) is 0 Å². The molecule has 0 radical (unpaired) electrons. The van der Waals surface area contributed by atoms with E-state index in [1.54, 1.807) is 0 Å². The van der Waals surface area contributed by atoms with Crippen LogP contribution in [0.25, 0.3) is 0 Å². The minimum atomic E-state index is -1.42. The van der Waals surface area contributed by atoms with E-state index in [0.717, 1.165) is 33.4 Å². The Bertz CT molecular complexity index is 2350. The van der Waals surface area contributed by atoms with Gasteiger partial charge in [0.1, 0.15) is 30.5 Å². The molecule has 69 heavy (non-hydrogen) atoms. The summed E-state index contributed by atoms with van der Waals surface area (Å²) in [5.74, 6) is -1.02. The van der Waals surface area contributed by atoms with E-state index in [0.29, 0.717) is 6.61 Å². The Morgan fingerprint density at radius 1 is 0.420 bits per heavy atom. The van der Waals surface area contributed by atoms with Gasteiger partial charge in [-0.15, -0.1) is 0 Å². The molecular weight excluding hydrogens is 877 g/mol. The zero-order chi connectivity index (χ0) is 47.5.